The number of hydrogen-bond donors (Lipinski definition) is 1. The smallest absolute Gasteiger partial charge is 0.0564 e. The predicted octanol–water partition coefficient (Wildman–Crippen LogP) is 2.34. The molecule has 0 saturated carbocycles. The first-order valence-corrected chi connectivity index (χ1v) is 1.97. The zero-order valence-corrected chi connectivity index (χ0v) is 4.45. The lowest BCUT2D eigenvalue weighted by Gasteiger charge is -1.95. The molecule has 0 aliphatic heterocycles. The van der Waals surface area contributed by atoms with Crippen LogP contribution in [0.25, 0.3) is 0 Å². The van der Waals surface area contributed by atoms with Gasteiger partial charge in [-0.3, -0.25) is 0 Å². The van der Waals surface area contributed by atoms with Crippen LogP contribution < -0.4 is 0 Å². The van der Waals surface area contributed by atoms with Gasteiger partial charge in [0.25, 0.3) is 0 Å². The average molecular weight is 147 g/mol. The fraction of sp³-hybridized carbons (Fsp3) is 1.00. The molecule has 0 spiro atoms. The lowest BCUT2D eigenvalue weighted by molar-refractivity contribution is 0.282. The summed E-state index contributed by atoms with van der Waals surface area (Å²) >= 11 is 0. The first kappa shape index (κ1) is 0.911. The van der Waals surface area contributed by atoms with Crippen LogP contribution in [0.15, 0.2) is 0 Å². The van der Waals surface area contributed by atoms with Gasteiger partial charge in [-0.15, -0.1) is 0 Å². The molecule has 9 heavy (non-hydrogen) atoms. The van der Waals surface area contributed by atoms with E-state index in [1.807, 2.05) is 0 Å². The lowest BCUT2D eigenvalue weighted by atomic mass is 10.1. The molecule has 0 radical (unpaired) electrons. The van der Waals surface area contributed by atoms with Gasteiger partial charge in [0.15, 0.2) is 0 Å². The van der Waals surface area contributed by atoms with Crippen LogP contribution in [0.3, 0.4) is 0 Å². The van der Waals surface area contributed by atoms with Crippen LogP contribution in [0.1, 0.15) is 68.4 Å². The molecule has 56 valence electrons. The Balaban J connectivity index is 6.61. The highest BCUT2D eigenvalue weighted by atomic mass is 16.2. The lowest BCUT2D eigenvalue weighted by Crippen LogP contribution is -1.82. The van der Waals surface area contributed by atoms with Gasteiger partial charge in [-0.05, 0) is 6.37 Å². The van der Waals surface area contributed by atoms with Crippen molar-refractivity contribution in [1.82, 2.24) is 0 Å². The summed E-state index contributed by atoms with van der Waals surface area (Å²) in [6, 6.07) is 0. The number of aliphatic hydroxyl groups is 1. The Labute approximate surface area is 82.0 Å². The molecule has 1 N–H and O–H groups in total. The summed E-state index contributed by atoms with van der Waals surface area (Å²) in [5.41, 5.74) is 0. The topological polar surface area (TPSA) is 20.2 Å². The van der Waals surface area contributed by atoms with Crippen LogP contribution in [0, 0.1) is 0 Å². The Hall–Kier alpha value is -0.0400. The summed E-state index contributed by atoms with van der Waals surface area (Å²) < 4.78 is 125. The minimum atomic E-state index is -4.33. The van der Waals surface area contributed by atoms with Crippen LogP contribution in [0.5, 0.6) is 0 Å². The molecule has 0 aliphatic rings. The molecule has 0 aromatic heterocycles. The van der Waals surface area contributed by atoms with Crippen molar-refractivity contribution < 1.29 is 28.4 Å². The van der Waals surface area contributed by atoms with Crippen molar-refractivity contribution in [3.05, 3.63) is 0 Å². The maximum absolute atomic E-state index is 9.17. The fourth-order valence-electron chi connectivity index (χ4n) is 0.153. The molecule has 0 fully saturated rings. The maximum atomic E-state index is 9.17. The summed E-state index contributed by atoms with van der Waals surface area (Å²) in [6.07, 6.45) is -25.3. The van der Waals surface area contributed by atoms with E-state index in [2.05, 4.69) is 0 Å². The number of rotatable bonds is 6. The molecule has 0 bridgehead atoms. The van der Waals surface area contributed by atoms with E-state index in [0.717, 1.165) is 0 Å². The van der Waals surface area contributed by atoms with Crippen molar-refractivity contribution >= 4 is 0 Å². The normalized spacial score (nSPS) is 50.6. The molecular weight excluding hydrogens is 112 g/mol. The molecule has 1 nitrogen and oxygen atoms in total. The van der Waals surface area contributed by atoms with Gasteiger partial charge in [-0.25, -0.2) is 0 Å². The maximum Gasteiger partial charge on any atom is 0.0564 e. The molecule has 0 saturated heterocycles. The van der Waals surface area contributed by atoms with Crippen molar-refractivity contribution in [2.75, 3.05) is 6.56 Å². The first-order chi connectivity index (χ1) is 10.8. The summed E-state index contributed by atoms with van der Waals surface area (Å²) in [6.45, 7) is -7.83. The molecule has 0 amide bonds. The average Bonchev–Trinajstić information content (AvgIpc) is 2.34. The second-order valence-electron chi connectivity index (χ2n) is 0.862. The zero-order chi connectivity index (χ0) is 22.0. The predicted molar refractivity (Wildman–Crippen MR) is 40.5 cm³/mol. The summed E-state index contributed by atoms with van der Waals surface area (Å²) in [5, 5.41) is 9.17. The van der Waals surface area contributed by atoms with Gasteiger partial charge in [-0.2, -0.15) is 0 Å². The van der Waals surface area contributed by atoms with Gasteiger partial charge >= 0.3 is 0 Å². The molecule has 0 atom stereocenters. The molecule has 0 rings (SSSR count). The van der Waals surface area contributed by atoms with Gasteiger partial charge in [0, 0.05) is 27.1 Å². The van der Waals surface area contributed by atoms with Gasteiger partial charge in [0.05, 0.1) is 2.74 Å². The largest absolute Gasteiger partial charge is 0.396 e. The standard InChI is InChI=1S/C8H18O/c1-2-3-4-5-6-7-8-9/h9H,2-8H2,1H3/i1D3,2D2,3D2,4D2,5D2,6D2,7D2,8D2. The Morgan fingerprint density at radius 2 is 1.89 bits per heavy atom. The van der Waals surface area contributed by atoms with E-state index < -0.39 is 51.6 Å². The molecule has 0 unspecified atom stereocenters. The molecule has 1 heteroatoms. The van der Waals surface area contributed by atoms with E-state index in [-0.39, 0.29) is 0 Å². The Morgan fingerprint density at radius 1 is 1.22 bits per heavy atom. The van der Waals surface area contributed by atoms with Crippen molar-refractivity contribution in [1.29, 1.82) is 0 Å². The zero-order valence-electron chi connectivity index (χ0n) is 21.4. The van der Waals surface area contributed by atoms with Gasteiger partial charge in [0.2, 0.25) is 0 Å². The SMILES string of the molecule is [2H]C([2H])([2H])C([2H])([2H])C([2H])([2H])C([2H])([2H])C([2H])([2H])C([2H])([2H])C([2H])([2H])C([2H])([2H])O. The number of hydrogen-bond acceptors (Lipinski definition) is 1. The summed E-state index contributed by atoms with van der Waals surface area (Å²) in [7, 11) is 0. The van der Waals surface area contributed by atoms with Crippen LogP contribution in [-0.2, 0) is 0 Å². The van der Waals surface area contributed by atoms with Crippen molar-refractivity contribution in [2.45, 2.75) is 45.1 Å². The molecule has 0 heterocycles. The second kappa shape index (κ2) is 7.96. The third-order valence-corrected chi connectivity index (χ3v) is 0.368. The van der Waals surface area contributed by atoms with E-state index in [0.29, 0.717) is 0 Å². The minimum Gasteiger partial charge on any atom is -0.396 e. The van der Waals surface area contributed by atoms with Gasteiger partial charge < -0.3 is 5.11 Å². The van der Waals surface area contributed by atoms with Crippen LogP contribution in [0.2, 0.25) is 0 Å². The molecular formula is C8H18O. The monoisotopic (exact) mass is 147 g/mol. The quantitative estimate of drug-likeness (QED) is 0.611. The molecule has 0 aliphatic carbocycles. The Bertz CT molecular complexity index is 474. The van der Waals surface area contributed by atoms with Gasteiger partial charge in [0.1, 0.15) is 0 Å². The Kier molecular flexibility index (Phi) is 0.806. The minimum absolute atomic E-state index is 3.79. The van der Waals surface area contributed by atoms with E-state index in [4.69, 9.17) is 23.3 Å². The second-order valence-corrected chi connectivity index (χ2v) is 0.862. The van der Waals surface area contributed by atoms with E-state index in [1.54, 1.807) is 0 Å². The van der Waals surface area contributed by atoms with Crippen LogP contribution >= 0.6 is 0 Å². The third-order valence-electron chi connectivity index (χ3n) is 0.368. The third kappa shape index (κ3) is 7.96. The summed E-state index contributed by atoms with van der Waals surface area (Å²) in [5.74, 6) is 0. The fourth-order valence-corrected chi connectivity index (χ4v) is 0.153. The van der Waals surface area contributed by atoms with Gasteiger partial charge in [-0.1, -0.05) is 38.7 Å². The van der Waals surface area contributed by atoms with Crippen molar-refractivity contribution in [3.8, 4) is 0 Å². The Morgan fingerprint density at radius 3 is 2.56 bits per heavy atom. The van der Waals surface area contributed by atoms with E-state index in [1.165, 1.54) is 0 Å². The first-order valence-electron chi connectivity index (χ1n) is 10.5. The van der Waals surface area contributed by atoms with Crippen LogP contribution in [-0.4, -0.2) is 11.7 Å². The highest BCUT2D eigenvalue weighted by Crippen LogP contribution is 2.03. The highest BCUT2D eigenvalue weighted by molar-refractivity contribution is 4.41. The molecule has 0 aromatic carbocycles. The van der Waals surface area contributed by atoms with E-state index in [9.17, 15) is 5.11 Å². The molecule has 0 aromatic rings. The van der Waals surface area contributed by atoms with E-state index >= 15 is 0 Å². The van der Waals surface area contributed by atoms with Crippen molar-refractivity contribution in [2.24, 2.45) is 0 Å². The highest BCUT2D eigenvalue weighted by Gasteiger charge is 1.86. The van der Waals surface area contributed by atoms with Crippen LogP contribution in [0.4, 0.5) is 0 Å². The van der Waals surface area contributed by atoms with Crippen molar-refractivity contribution in [3.63, 3.8) is 0 Å². The summed E-state index contributed by atoms with van der Waals surface area (Å²) in [4.78, 5) is 0.